The molecule has 2 N–H and O–H groups in total. The molecule has 0 unspecified atom stereocenters. The molecule has 0 heterocycles. The third kappa shape index (κ3) is 4.70. The van der Waals surface area contributed by atoms with Gasteiger partial charge in [-0.15, -0.1) is 0 Å². The largest absolute Gasteiger partial charge is 0.487 e. The van der Waals surface area contributed by atoms with Crippen LogP contribution in [-0.4, -0.2) is 29.8 Å². The standard InChI is InChI=1S/C14H22N2O4/c1-4-7-20-13-8-11(5-6-12(13)16(18)19)15-9-14(2,3)10-17/h5-6,8,15,17H,4,7,9-10H2,1-3H3. The van der Waals surface area contributed by atoms with Crippen molar-refractivity contribution >= 4 is 11.4 Å². The highest BCUT2D eigenvalue weighted by atomic mass is 16.6. The quantitative estimate of drug-likeness (QED) is 0.565. The molecule has 0 atom stereocenters. The summed E-state index contributed by atoms with van der Waals surface area (Å²) in [4.78, 5) is 10.5. The van der Waals surface area contributed by atoms with Crippen LogP contribution in [0.3, 0.4) is 0 Å². The van der Waals surface area contributed by atoms with Crippen LogP contribution in [0.1, 0.15) is 27.2 Å². The summed E-state index contributed by atoms with van der Waals surface area (Å²) < 4.78 is 5.42. The van der Waals surface area contributed by atoms with Gasteiger partial charge in [-0.3, -0.25) is 10.1 Å². The molecule has 0 aliphatic rings. The summed E-state index contributed by atoms with van der Waals surface area (Å²) in [7, 11) is 0. The molecule has 1 aromatic rings. The van der Waals surface area contributed by atoms with Crippen LogP contribution in [0.15, 0.2) is 18.2 Å². The van der Waals surface area contributed by atoms with Crippen LogP contribution >= 0.6 is 0 Å². The monoisotopic (exact) mass is 282 g/mol. The van der Waals surface area contributed by atoms with Crippen LogP contribution in [0, 0.1) is 15.5 Å². The fourth-order valence-corrected chi connectivity index (χ4v) is 1.50. The summed E-state index contributed by atoms with van der Waals surface area (Å²) in [5, 5.41) is 23.3. The van der Waals surface area contributed by atoms with Crippen molar-refractivity contribution in [2.24, 2.45) is 5.41 Å². The van der Waals surface area contributed by atoms with Crippen LogP contribution in [0.25, 0.3) is 0 Å². The molecule has 1 aromatic carbocycles. The number of aliphatic hydroxyl groups is 1. The van der Waals surface area contributed by atoms with Crippen molar-refractivity contribution in [3.8, 4) is 5.75 Å². The maximum Gasteiger partial charge on any atom is 0.311 e. The number of ether oxygens (including phenoxy) is 1. The van der Waals surface area contributed by atoms with Gasteiger partial charge < -0.3 is 15.2 Å². The molecule has 0 bridgehead atoms. The Balaban J connectivity index is 2.86. The average molecular weight is 282 g/mol. The lowest BCUT2D eigenvalue weighted by atomic mass is 9.95. The zero-order valence-corrected chi connectivity index (χ0v) is 12.2. The molecule has 0 amide bonds. The Hall–Kier alpha value is -1.82. The van der Waals surface area contributed by atoms with Gasteiger partial charge in [0.25, 0.3) is 0 Å². The second-order valence-electron chi connectivity index (χ2n) is 5.46. The Bertz CT molecular complexity index is 460. The molecule has 6 heteroatoms. The summed E-state index contributed by atoms with van der Waals surface area (Å²) in [5.74, 6) is 0.267. The first-order valence-corrected chi connectivity index (χ1v) is 6.65. The van der Waals surface area contributed by atoms with Crippen molar-refractivity contribution < 1.29 is 14.8 Å². The van der Waals surface area contributed by atoms with Gasteiger partial charge in [-0.1, -0.05) is 20.8 Å². The van der Waals surface area contributed by atoms with E-state index in [9.17, 15) is 15.2 Å². The predicted octanol–water partition coefficient (Wildman–Crippen LogP) is 2.81. The van der Waals surface area contributed by atoms with Crippen molar-refractivity contribution in [3.05, 3.63) is 28.3 Å². The number of nitrogens with one attached hydrogen (secondary N) is 1. The highest BCUT2D eigenvalue weighted by Crippen LogP contribution is 2.30. The second kappa shape index (κ2) is 7.09. The first-order chi connectivity index (χ1) is 9.39. The summed E-state index contributed by atoms with van der Waals surface area (Å²) in [6, 6.07) is 4.70. The van der Waals surface area contributed by atoms with Gasteiger partial charge in [0.05, 0.1) is 11.5 Å². The Morgan fingerprint density at radius 2 is 2.15 bits per heavy atom. The molecule has 0 aliphatic carbocycles. The molecule has 0 spiro atoms. The van der Waals surface area contributed by atoms with Crippen LogP contribution in [0.4, 0.5) is 11.4 Å². The Morgan fingerprint density at radius 1 is 1.45 bits per heavy atom. The van der Waals surface area contributed by atoms with E-state index in [1.807, 2.05) is 20.8 Å². The second-order valence-corrected chi connectivity index (χ2v) is 5.46. The SMILES string of the molecule is CCCOc1cc(NCC(C)(C)CO)ccc1[N+](=O)[O-]. The van der Waals surface area contributed by atoms with Gasteiger partial charge in [-0.2, -0.15) is 0 Å². The minimum absolute atomic E-state index is 0.0366. The van der Waals surface area contributed by atoms with Crippen molar-refractivity contribution in [2.75, 3.05) is 25.1 Å². The Kier molecular flexibility index (Phi) is 5.76. The molecule has 0 aromatic heterocycles. The van der Waals surface area contributed by atoms with E-state index in [-0.39, 0.29) is 23.5 Å². The molecular formula is C14H22N2O4. The van der Waals surface area contributed by atoms with E-state index < -0.39 is 4.92 Å². The topological polar surface area (TPSA) is 84.6 Å². The molecule has 20 heavy (non-hydrogen) atoms. The van der Waals surface area contributed by atoms with Gasteiger partial charge in [-0.05, 0) is 12.5 Å². The van der Waals surface area contributed by atoms with E-state index >= 15 is 0 Å². The average Bonchev–Trinajstić information content (AvgIpc) is 2.42. The van der Waals surface area contributed by atoms with E-state index in [0.717, 1.165) is 12.1 Å². The molecule has 112 valence electrons. The van der Waals surface area contributed by atoms with Gasteiger partial charge in [0.2, 0.25) is 0 Å². The number of benzene rings is 1. The first kappa shape index (κ1) is 16.2. The smallest absolute Gasteiger partial charge is 0.311 e. The van der Waals surface area contributed by atoms with Crippen LogP contribution < -0.4 is 10.1 Å². The Morgan fingerprint density at radius 3 is 2.70 bits per heavy atom. The van der Waals surface area contributed by atoms with E-state index in [1.165, 1.54) is 6.07 Å². The molecular weight excluding hydrogens is 260 g/mol. The number of anilines is 1. The molecule has 1 rings (SSSR count). The highest BCUT2D eigenvalue weighted by Gasteiger charge is 2.18. The van der Waals surface area contributed by atoms with Gasteiger partial charge in [-0.25, -0.2) is 0 Å². The number of nitrogens with zero attached hydrogens (tertiary/aromatic N) is 1. The van der Waals surface area contributed by atoms with E-state index in [0.29, 0.717) is 13.2 Å². The first-order valence-electron chi connectivity index (χ1n) is 6.65. The summed E-state index contributed by atoms with van der Waals surface area (Å²) in [6.07, 6.45) is 0.784. The number of aliphatic hydroxyl groups excluding tert-OH is 1. The fraction of sp³-hybridized carbons (Fsp3) is 0.571. The fourth-order valence-electron chi connectivity index (χ4n) is 1.50. The third-order valence-electron chi connectivity index (χ3n) is 2.82. The van der Waals surface area contributed by atoms with E-state index in [4.69, 9.17) is 4.74 Å². The lowest BCUT2D eigenvalue weighted by molar-refractivity contribution is -0.385. The van der Waals surface area contributed by atoms with E-state index in [2.05, 4.69) is 5.32 Å². The predicted molar refractivity (Wildman–Crippen MR) is 78.2 cm³/mol. The van der Waals surface area contributed by atoms with Crippen molar-refractivity contribution in [2.45, 2.75) is 27.2 Å². The van der Waals surface area contributed by atoms with Crippen LogP contribution in [0.2, 0.25) is 0 Å². The molecule has 0 radical (unpaired) electrons. The van der Waals surface area contributed by atoms with Crippen molar-refractivity contribution in [1.29, 1.82) is 0 Å². The molecule has 0 fully saturated rings. The van der Waals surface area contributed by atoms with Gasteiger partial charge in [0, 0.05) is 36.4 Å². The maximum atomic E-state index is 10.9. The summed E-state index contributed by atoms with van der Waals surface area (Å²) in [5.41, 5.74) is 0.445. The van der Waals surface area contributed by atoms with E-state index in [1.54, 1.807) is 12.1 Å². The van der Waals surface area contributed by atoms with Crippen LogP contribution in [-0.2, 0) is 0 Å². The normalized spacial score (nSPS) is 11.2. The number of nitro benzene ring substituents is 1. The molecule has 6 nitrogen and oxygen atoms in total. The minimum Gasteiger partial charge on any atom is -0.487 e. The van der Waals surface area contributed by atoms with Crippen molar-refractivity contribution in [3.63, 3.8) is 0 Å². The molecule has 0 saturated carbocycles. The minimum atomic E-state index is -0.452. The van der Waals surface area contributed by atoms with Gasteiger partial charge in [0.1, 0.15) is 0 Å². The zero-order valence-electron chi connectivity index (χ0n) is 12.2. The Labute approximate surface area is 118 Å². The summed E-state index contributed by atoms with van der Waals surface area (Å²) >= 11 is 0. The third-order valence-corrected chi connectivity index (χ3v) is 2.82. The lowest BCUT2D eigenvalue weighted by Gasteiger charge is -2.22. The number of nitro groups is 1. The highest BCUT2D eigenvalue weighted by molar-refractivity contribution is 5.58. The lowest BCUT2D eigenvalue weighted by Crippen LogP contribution is -2.26. The number of hydrogen-bond acceptors (Lipinski definition) is 5. The number of rotatable bonds is 8. The molecule has 0 aliphatic heterocycles. The zero-order chi connectivity index (χ0) is 15.2. The summed E-state index contributed by atoms with van der Waals surface area (Å²) in [6.45, 7) is 6.87. The van der Waals surface area contributed by atoms with Crippen molar-refractivity contribution in [1.82, 2.24) is 0 Å². The van der Waals surface area contributed by atoms with Gasteiger partial charge in [0.15, 0.2) is 5.75 Å². The maximum absolute atomic E-state index is 10.9. The molecule has 0 saturated heterocycles. The number of hydrogen-bond donors (Lipinski definition) is 2. The van der Waals surface area contributed by atoms with Crippen LogP contribution in [0.5, 0.6) is 5.75 Å². The van der Waals surface area contributed by atoms with Gasteiger partial charge >= 0.3 is 5.69 Å².